The van der Waals surface area contributed by atoms with Gasteiger partial charge in [-0.3, -0.25) is 9.69 Å². The van der Waals surface area contributed by atoms with E-state index in [1.165, 1.54) is 11.8 Å². The van der Waals surface area contributed by atoms with Crippen molar-refractivity contribution in [2.75, 3.05) is 14.2 Å². The van der Waals surface area contributed by atoms with E-state index in [0.717, 1.165) is 15.6 Å². The van der Waals surface area contributed by atoms with E-state index < -0.39 is 0 Å². The number of benzene rings is 2. The van der Waals surface area contributed by atoms with Gasteiger partial charge in [0.1, 0.15) is 5.76 Å². The quantitative estimate of drug-likeness (QED) is 0.229. The van der Waals surface area contributed by atoms with Gasteiger partial charge in [0.15, 0.2) is 16.7 Å². The number of hydrogen-bond acceptors (Lipinski definition) is 7. The van der Waals surface area contributed by atoms with Crippen LogP contribution in [-0.4, -0.2) is 36.4 Å². The summed E-state index contributed by atoms with van der Waals surface area (Å²) in [5, 5.41) is 9.01. The van der Waals surface area contributed by atoms with Crippen LogP contribution in [-0.2, 0) is 11.3 Å². The molecule has 1 fully saturated rings. The Bertz CT molecular complexity index is 1240. The first-order valence-corrected chi connectivity index (χ1v) is 11.5. The molecule has 0 spiro atoms. The fourth-order valence-corrected chi connectivity index (χ4v) is 4.46. The summed E-state index contributed by atoms with van der Waals surface area (Å²) in [6.45, 7) is 0.263. The Morgan fingerprint density at radius 1 is 1.06 bits per heavy atom. The van der Waals surface area contributed by atoms with Crippen molar-refractivity contribution in [1.82, 2.24) is 4.90 Å². The van der Waals surface area contributed by atoms with E-state index in [0.29, 0.717) is 27.3 Å². The number of hydrogen-bond donors (Lipinski definition) is 0. The number of methoxy groups -OCH3 is 2. The molecule has 1 amide bonds. The van der Waals surface area contributed by atoms with Gasteiger partial charge in [-0.1, -0.05) is 28.1 Å². The normalized spacial score (nSPS) is 16.3. The molecule has 0 atom stereocenters. The van der Waals surface area contributed by atoms with Gasteiger partial charge >= 0.3 is 0 Å². The van der Waals surface area contributed by atoms with Crippen molar-refractivity contribution in [2.45, 2.75) is 6.54 Å². The third-order valence-corrected chi connectivity index (χ3v) is 6.18. The highest BCUT2D eigenvalue weighted by molar-refractivity contribution is 9.10. The van der Waals surface area contributed by atoms with E-state index in [1.54, 1.807) is 49.8 Å². The zero-order valence-corrected chi connectivity index (χ0v) is 20.3. The minimum absolute atomic E-state index is 0.156. The molecule has 1 aromatic heterocycles. The molecule has 2 aromatic carbocycles. The predicted molar refractivity (Wildman–Crippen MR) is 134 cm³/mol. The summed E-state index contributed by atoms with van der Waals surface area (Å²) in [5.41, 5.74) is 1.70. The third-order valence-electron chi connectivity index (χ3n) is 4.69. The first-order valence-electron chi connectivity index (χ1n) is 9.90. The molecular formula is C24H20BrN3O4S. The van der Waals surface area contributed by atoms with Crippen LogP contribution in [0.15, 0.2) is 84.9 Å². The third kappa shape index (κ3) is 5.55. The number of carbonyl (C=O) groups is 1. The van der Waals surface area contributed by atoms with Crippen LogP contribution < -0.4 is 9.47 Å². The summed E-state index contributed by atoms with van der Waals surface area (Å²) in [4.78, 5) is 15.2. The van der Waals surface area contributed by atoms with Gasteiger partial charge in [-0.25, -0.2) is 0 Å². The van der Waals surface area contributed by atoms with E-state index >= 15 is 0 Å². The Hall–Kier alpha value is -3.30. The van der Waals surface area contributed by atoms with Crippen molar-refractivity contribution >= 4 is 51.1 Å². The van der Waals surface area contributed by atoms with Crippen molar-refractivity contribution in [3.63, 3.8) is 0 Å². The van der Waals surface area contributed by atoms with Crippen molar-refractivity contribution in [3.8, 4) is 11.5 Å². The maximum atomic E-state index is 13.1. The Morgan fingerprint density at radius 2 is 1.91 bits per heavy atom. The Kier molecular flexibility index (Phi) is 7.31. The highest BCUT2D eigenvalue weighted by Gasteiger charge is 2.34. The fourth-order valence-electron chi connectivity index (χ4n) is 3.11. The maximum Gasteiger partial charge on any atom is 0.267 e. The number of amides is 1. The van der Waals surface area contributed by atoms with Crippen molar-refractivity contribution in [1.29, 1.82) is 0 Å². The molecule has 1 aliphatic heterocycles. The summed E-state index contributed by atoms with van der Waals surface area (Å²) < 4.78 is 17.0. The van der Waals surface area contributed by atoms with Crippen molar-refractivity contribution < 1.29 is 18.7 Å². The number of amidine groups is 1. The number of carbonyl (C=O) groups excluding carboxylic acids is 1. The van der Waals surface area contributed by atoms with Gasteiger partial charge < -0.3 is 13.9 Å². The molecule has 0 bridgehead atoms. The molecule has 33 heavy (non-hydrogen) atoms. The summed E-state index contributed by atoms with van der Waals surface area (Å²) in [6, 6.07) is 16.8. The van der Waals surface area contributed by atoms with E-state index in [-0.39, 0.29) is 12.5 Å². The molecule has 168 valence electrons. The Labute approximate surface area is 203 Å². The summed E-state index contributed by atoms with van der Waals surface area (Å²) >= 11 is 4.73. The van der Waals surface area contributed by atoms with Gasteiger partial charge in [0, 0.05) is 4.47 Å². The molecule has 0 radical (unpaired) electrons. The summed E-state index contributed by atoms with van der Waals surface area (Å²) in [7, 11) is 3.16. The molecule has 0 unspecified atom stereocenters. The zero-order valence-electron chi connectivity index (χ0n) is 17.9. The highest BCUT2D eigenvalue weighted by atomic mass is 79.9. The van der Waals surface area contributed by atoms with E-state index in [9.17, 15) is 4.79 Å². The van der Waals surface area contributed by atoms with E-state index in [2.05, 4.69) is 26.1 Å². The van der Waals surface area contributed by atoms with Crippen LogP contribution in [0.25, 0.3) is 6.08 Å². The molecule has 7 nitrogen and oxygen atoms in total. The lowest BCUT2D eigenvalue weighted by Gasteiger charge is -2.12. The van der Waals surface area contributed by atoms with Gasteiger partial charge in [0.05, 0.1) is 38.1 Å². The predicted octanol–water partition coefficient (Wildman–Crippen LogP) is 5.57. The number of rotatable bonds is 7. The molecule has 1 aliphatic rings. The van der Waals surface area contributed by atoms with Crippen LogP contribution in [0, 0.1) is 0 Å². The van der Waals surface area contributed by atoms with Crippen LogP contribution in [0.1, 0.15) is 16.9 Å². The Balaban J connectivity index is 1.61. The molecule has 0 N–H and O–H groups in total. The van der Waals surface area contributed by atoms with Gasteiger partial charge in [0.25, 0.3) is 5.91 Å². The first-order chi connectivity index (χ1) is 16.1. The van der Waals surface area contributed by atoms with Gasteiger partial charge in [-0.05, 0) is 71.4 Å². The van der Waals surface area contributed by atoms with Crippen LogP contribution in [0.2, 0.25) is 0 Å². The van der Waals surface area contributed by atoms with Crippen LogP contribution in [0.4, 0.5) is 0 Å². The minimum Gasteiger partial charge on any atom is -0.493 e. The maximum absolute atomic E-state index is 13.1. The van der Waals surface area contributed by atoms with Gasteiger partial charge in [-0.15, -0.1) is 5.10 Å². The lowest BCUT2D eigenvalue weighted by atomic mass is 10.2. The zero-order chi connectivity index (χ0) is 23.2. The number of thioether (sulfide) groups is 1. The van der Waals surface area contributed by atoms with Crippen molar-refractivity contribution in [2.24, 2.45) is 10.2 Å². The minimum atomic E-state index is -0.156. The Morgan fingerprint density at radius 3 is 2.64 bits per heavy atom. The molecule has 0 aliphatic carbocycles. The van der Waals surface area contributed by atoms with Crippen LogP contribution in [0.3, 0.4) is 0 Å². The average Bonchev–Trinajstić information content (AvgIpc) is 3.43. The van der Waals surface area contributed by atoms with E-state index in [4.69, 9.17) is 13.9 Å². The standard InChI is InChI=1S/C24H20BrN3O4S/c1-30-20-9-8-17(12-21(20)31-2)14-26-27-24-28(15-19-7-4-10-32-19)23(29)22(33-24)13-16-5-3-6-18(25)11-16/h3-14H,15H2,1-2H3/b22-13-,26-14+,27-24-. The topological polar surface area (TPSA) is 76.6 Å². The monoisotopic (exact) mass is 525 g/mol. The second kappa shape index (κ2) is 10.5. The molecular weight excluding hydrogens is 506 g/mol. The summed E-state index contributed by atoms with van der Waals surface area (Å²) in [5.74, 6) is 1.73. The molecule has 0 saturated carbocycles. The summed E-state index contributed by atoms with van der Waals surface area (Å²) in [6.07, 6.45) is 5.02. The lowest BCUT2D eigenvalue weighted by Crippen LogP contribution is -2.28. The SMILES string of the molecule is COc1ccc(/C=N/N=C2\S/C(=C\c3cccc(Br)c3)C(=O)N2Cc2ccco2)cc1OC. The molecule has 4 rings (SSSR count). The molecule has 9 heteroatoms. The number of ether oxygens (including phenoxy) is 2. The number of halogens is 1. The molecule has 3 aromatic rings. The second-order valence-electron chi connectivity index (χ2n) is 6.88. The largest absolute Gasteiger partial charge is 0.493 e. The van der Waals surface area contributed by atoms with Crippen molar-refractivity contribution in [3.05, 3.63) is 87.1 Å². The number of furan rings is 1. The van der Waals surface area contributed by atoms with Gasteiger partial charge in [-0.2, -0.15) is 5.10 Å². The number of nitrogens with zero attached hydrogens (tertiary/aromatic N) is 3. The average molecular weight is 526 g/mol. The lowest BCUT2D eigenvalue weighted by molar-refractivity contribution is -0.122. The van der Waals surface area contributed by atoms with Crippen LogP contribution in [0.5, 0.6) is 11.5 Å². The highest BCUT2D eigenvalue weighted by Crippen LogP contribution is 2.34. The fraction of sp³-hybridized carbons (Fsp3) is 0.125. The van der Waals surface area contributed by atoms with Crippen LogP contribution >= 0.6 is 27.7 Å². The van der Waals surface area contributed by atoms with Gasteiger partial charge in [0.2, 0.25) is 0 Å². The smallest absolute Gasteiger partial charge is 0.267 e. The molecule has 1 saturated heterocycles. The molecule has 2 heterocycles. The first kappa shape index (κ1) is 22.9. The van der Waals surface area contributed by atoms with E-state index in [1.807, 2.05) is 42.5 Å². The second-order valence-corrected chi connectivity index (χ2v) is 8.80.